The van der Waals surface area contributed by atoms with Crippen LogP contribution >= 0.6 is 0 Å². The lowest BCUT2D eigenvalue weighted by atomic mass is 10.0. The highest BCUT2D eigenvalue weighted by atomic mass is 19.3. The molecule has 3 heterocycles. The highest BCUT2D eigenvalue weighted by Gasteiger charge is 2.41. The molecule has 0 saturated carbocycles. The first kappa shape index (κ1) is 20.9. The maximum Gasteiger partial charge on any atom is 0.313 e. The lowest BCUT2D eigenvalue weighted by Crippen LogP contribution is -2.52. The predicted molar refractivity (Wildman–Crippen MR) is 108 cm³/mol. The second-order valence-corrected chi connectivity index (χ2v) is 7.75. The number of alkyl halides is 2. The minimum Gasteiger partial charge on any atom is -0.435 e. The molecule has 2 aliphatic rings. The zero-order valence-corrected chi connectivity index (χ0v) is 17.0. The minimum atomic E-state index is -3.00. The minimum absolute atomic E-state index is 0.0175. The lowest BCUT2D eigenvalue weighted by molar-refractivity contribution is -0.136. The van der Waals surface area contributed by atoms with Crippen LogP contribution in [0.3, 0.4) is 0 Å². The zero-order chi connectivity index (χ0) is 23.3. The summed E-state index contributed by atoms with van der Waals surface area (Å²) in [5, 5.41) is 2.19. The van der Waals surface area contributed by atoms with Crippen LogP contribution in [0.2, 0.25) is 0 Å². The number of fused-ring (bicyclic) bond motifs is 1. The third-order valence-electron chi connectivity index (χ3n) is 5.77. The van der Waals surface area contributed by atoms with E-state index in [1.807, 2.05) is 0 Å². The SMILES string of the molecule is O=C1CCC(N2Cc3c(ccc(-c4nc(C(F)F)oc4-c4ccccc4)c3F)C2=O)C(=O)N1. The van der Waals surface area contributed by atoms with E-state index in [4.69, 9.17) is 4.42 Å². The number of carbonyl (C=O) groups excluding carboxylic acids is 3. The summed E-state index contributed by atoms with van der Waals surface area (Å²) in [7, 11) is 0. The fourth-order valence-electron chi connectivity index (χ4n) is 4.18. The number of imide groups is 1. The van der Waals surface area contributed by atoms with Gasteiger partial charge in [0, 0.05) is 28.7 Å². The molecule has 1 N–H and O–H groups in total. The van der Waals surface area contributed by atoms with Crippen molar-refractivity contribution in [2.24, 2.45) is 0 Å². The Labute approximate surface area is 185 Å². The Balaban J connectivity index is 1.56. The van der Waals surface area contributed by atoms with Crippen molar-refractivity contribution in [2.75, 3.05) is 0 Å². The van der Waals surface area contributed by atoms with Gasteiger partial charge in [-0.2, -0.15) is 8.78 Å². The van der Waals surface area contributed by atoms with Gasteiger partial charge in [0.25, 0.3) is 11.8 Å². The number of halogens is 3. The Morgan fingerprint density at radius 1 is 1.06 bits per heavy atom. The first-order valence-electron chi connectivity index (χ1n) is 10.2. The molecule has 7 nitrogen and oxygen atoms in total. The van der Waals surface area contributed by atoms with Crippen LogP contribution in [-0.4, -0.2) is 33.6 Å². The molecule has 1 aromatic heterocycles. The molecule has 1 atom stereocenters. The van der Waals surface area contributed by atoms with Gasteiger partial charge in [0.05, 0.1) is 6.54 Å². The van der Waals surface area contributed by atoms with E-state index in [1.165, 1.54) is 17.0 Å². The Morgan fingerprint density at radius 2 is 1.79 bits per heavy atom. The number of nitrogens with one attached hydrogen (secondary N) is 1. The number of benzene rings is 2. The van der Waals surface area contributed by atoms with E-state index >= 15 is 4.39 Å². The number of aromatic nitrogens is 1. The van der Waals surface area contributed by atoms with Crippen LogP contribution in [0.15, 0.2) is 46.9 Å². The monoisotopic (exact) mass is 455 g/mol. The molecule has 3 aromatic rings. The molecule has 2 aliphatic heterocycles. The van der Waals surface area contributed by atoms with Crippen molar-refractivity contribution in [3.8, 4) is 22.6 Å². The Kier molecular flexibility index (Phi) is 4.99. The molecule has 10 heteroatoms. The van der Waals surface area contributed by atoms with Crippen molar-refractivity contribution >= 4 is 17.7 Å². The van der Waals surface area contributed by atoms with Crippen LogP contribution < -0.4 is 5.32 Å². The molecule has 1 unspecified atom stereocenters. The molecule has 3 amide bonds. The van der Waals surface area contributed by atoms with Gasteiger partial charge in [0.1, 0.15) is 17.6 Å². The second-order valence-electron chi connectivity index (χ2n) is 7.75. The zero-order valence-electron chi connectivity index (χ0n) is 17.0. The fraction of sp³-hybridized carbons (Fsp3) is 0.217. The van der Waals surface area contributed by atoms with Gasteiger partial charge in [-0.05, 0) is 18.6 Å². The van der Waals surface area contributed by atoms with Crippen molar-refractivity contribution in [3.63, 3.8) is 0 Å². The first-order chi connectivity index (χ1) is 15.8. The fourth-order valence-corrected chi connectivity index (χ4v) is 4.18. The van der Waals surface area contributed by atoms with Gasteiger partial charge in [-0.15, -0.1) is 0 Å². The van der Waals surface area contributed by atoms with Crippen LogP contribution in [0.4, 0.5) is 13.2 Å². The van der Waals surface area contributed by atoms with Gasteiger partial charge in [0.2, 0.25) is 11.8 Å². The molecule has 5 rings (SSSR count). The van der Waals surface area contributed by atoms with Crippen LogP contribution in [0.25, 0.3) is 22.6 Å². The van der Waals surface area contributed by atoms with Gasteiger partial charge >= 0.3 is 6.43 Å². The van der Waals surface area contributed by atoms with Crippen LogP contribution in [0.1, 0.15) is 41.1 Å². The summed E-state index contributed by atoms with van der Waals surface area (Å²) in [6.07, 6.45) is -2.79. The molecule has 0 aliphatic carbocycles. The van der Waals surface area contributed by atoms with Crippen molar-refractivity contribution < 1.29 is 32.0 Å². The molecular weight excluding hydrogens is 439 g/mol. The Morgan fingerprint density at radius 3 is 2.48 bits per heavy atom. The van der Waals surface area contributed by atoms with Gasteiger partial charge in [0.15, 0.2) is 5.76 Å². The number of rotatable bonds is 4. The number of hydrogen-bond donors (Lipinski definition) is 1. The topological polar surface area (TPSA) is 92.5 Å². The molecule has 33 heavy (non-hydrogen) atoms. The van der Waals surface area contributed by atoms with E-state index in [9.17, 15) is 23.2 Å². The molecule has 1 saturated heterocycles. The van der Waals surface area contributed by atoms with Crippen LogP contribution in [0, 0.1) is 5.82 Å². The summed E-state index contributed by atoms with van der Waals surface area (Å²) in [5.74, 6) is -3.25. The Bertz CT molecular complexity index is 1290. The Hall–Kier alpha value is -3.95. The van der Waals surface area contributed by atoms with E-state index < -0.39 is 41.9 Å². The average molecular weight is 455 g/mol. The highest BCUT2D eigenvalue weighted by molar-refractivity contribution is 6.05. The number of hydrogen-bond acceptors (Lipinski definition) is 5. The predicted octanol–water partition coefficient (Wildman–Crippen LogP) is 3.85. The van der Waals surface area contributed by atoms with E-state index in [1.54, 1.807) is 30.3 Å². The summed E-state index contributed by atoms with van der Waals surface area (Å²) >= 11 is 0. The quantitative estimate of drug-likeness (QED) is 0.604. The van der Waals surface area contributed by atoms with Crippen molar-refractivity contribution in [1.29, 1.82) is 0 Å². The molecule has 2 aromatic carbocycles. The third kappa shape index (κ3) is 3.47. The molecule has 0 radical (unpaired) electrons. The van der Waals surface area contributed by atoms with E-state index in [0.29, 0.717) is 5.56 Å². The van der Waals surface area contributed by atoms with E-state index in [2.05, 4.69) is 10.3 Å². The van der Waals surface area contributed by atoms with Gasteiger partial charge in [-0.1, -0.05) is 30.3 Å². The van der Waals surface area contributed by atoms with Gasteiger partial charge < -0.3 is 9.32 Å². The van der Waals surface area contributed by atoms with Crippen LogP contribution in [-0.2, 0) is 16.1 Å². The standard InChI is InChI=1S/C23H16F3N3O4/c24-17-13(18-19(11-4-2-1-3-5-11)33-22(28-18)20(25)26)7-6-12-14(17)10-29(23(12)32)15-8-9-16(30)27-21(15)31/h1-7,15,20H,8-10H2,(H,27,30,31). The summed E-state index contributed by atoms with van der Waals surface area (Å²) in [4.78, 5) is 41.6. The van der Waals surface area contributed by atoms with Crippen molar-refractivity contribution in [3.05, 3.63) is 65.3 Å². The van der Waals surface area contributed by atoms with E-state index in [0.717, 1.165) is 0 Å². The van der Waals surface area contributed by atoms with Gasteiger partial charge in [-0.3, -0.25) is 19.7 Å². The number of nitrogens with zero attached hydrogens (tertiary/aromatic N) is 2. The largest absolute Gasteiger partial charge is 0.435 e. The second kappa shape index (κ2) is 7.88. The summed E-state index contributed by atoms with van der Waals surface area (Å²) in [5.41, 5.74) is 0.334. The van der Waals surface area contributed by atoms with Crippen LogP contribution in [0.5, 0.6) is 0 Å². The summed E-state index contributed by atoms with van der Waals surface area (Å²) in [6, 6.07) is 10.1. The first-order valence-corrected chi connectivity index (χ1v) is 10.2. The maximum absolute atomic E-state index is 15.6. The normalized spacial score (nSPS) is 18.1. The smallest absolute Gasteiger partial charge is 0.313 e. The van der Waals surface area contributed by atoms with Crippen molar-refractivity contribution in [2.45, 2.75) is 31.9 Å². The number of amides is 3. The summed E-state index contributed by atoms with van der Waals surface area (Å²) < 4.78 is 47.5. The van der Waals surface area contributed by atoms with Gasteiger partial charge in [-0.25, -0.2) is 9.37 Å². The maximum atomic E-state index is 15.6. The molecule has 0 spiro atoms. The van der Waals surface area contributed by atoms with E-state index in [-0.39, 0.29) is 47.5 Å². The molecular formula is C23H16F3N3O4. The highest BCUT2D eigenvalue weighted by Crippen LogP contribution is 2.39. The molecule has 1 fully saturated rings. The number of carbonyl (C=O) groups is 3. The van der Waals surface area contributed by atoms with Crippen molar-refractivity contribution in [1.82, 2.24) is 15.2 Å². The average Bonchev–Trinajstić information content (AvgIpc) is 3.38. The molecule has 0 bridgehead atoms. The molecule has 168 valence electrons. The summed E-state index contributed by atoms with van der Waals surface area (Å²) in [6.45, 7) is -0.194. The lowest BCUT2D eigenvalue weighted by Gasteiger charge is -2.29. The third-order valence-corrected chi connectivity index (χ3v) is 5.77. The number of oxazole rings is 1. The number of piperidine rings is 1.